The van der Waals surface area contributed by atoms with E-state index < -0.39 is 5.97 Å². The summed E-state index contributed by atoms with van der Waals surface area (Å²) in [6, 6.07) is 0. The predicted octanol–water partition coefficient (Wildman–Crippen LogP) is -3.42. The third kappa shape index (κ3) is 9.60. The molecule has 0 aliphatic carbocycles. The molecule has 0 radical (unpaired) electrons. The number of carbonyl (C=O) groups is 1. The first kappa shape index (κ1) is 15.8. The Morgan fingerprint density at radius 3 is 1.88 bits per heavy atom. The Balaban J connectivity index is -0.0000000417. The summed E-state index contributed by atoms with van der Waals surface area (Å²) in [5, 5.41) is 7.89. The molecule has 1 N–H and O–H groups in total. The molecule has 0 saturated heterocycles. The van der Waals surface area contributed by atoms with Gasteiger partial charge in [0.25, 0.3) is 0 Å². The van der Waals surface area contributed by atoms with Crippen LogP contribution in [0.25, 0.3) is 0 Å². The van der Waals surface area contributed by atoms with Crippen LogP contribution in [0.2, 0.25) is 0 Å². The first-order valence-electron chi connectivity index (χ1n) is 1.53. The van der Waals surface area contributed by atoms with Crippen LogP contribution >= 0.6 is 0 Å². The molecule has 0 bridgehead atoms. The van der Waals surface area contributed by atoms with E-state index in [1.807, 2.05) is 0 Å². The molecule has 0 fully saturated rings. The molecule has 0 amide bonds. The number of carboxylic acid groups (broad SMARTS) is 1. The van der Waals surface area contributed by atoms with E-state index in [0.29, 0.717) is 0 Å². The zero-order valence-electron chi connectivity index (χ0n) is 5.56. The van der Waals surface area contributed by atoms with E-state index in [2.05, 4.69) is 6.58 Å². The minimum atomic E-state index is -0.935. The SMILES string of the molecule is C=C(C)C(=O)O.[AlH3].[H-].[Li+]. The maximum absolute atomic E-state index is 9.60. The second-order valence-corrected chi connectivity index (χ2v) is 1.09. The topological polar surface area (TPSA) is 37.3 Å². The summed E-state index contributed by atoms with van der Waals surface area (Å²) in [5.41, 5.74) is 0.176. The van der Waals surface area contributed by atoms with Crippen LogP contribution in [-0.4, -0.2) is 28.4 Å². The van der Waals surface area contributed by atoms with Gasteiger partial charge in [-0.25, -0.2) is 4.79 Å². The average Bonchev–Trinajstić information content (AvgIpc) is 1.36. The number of hydrogen-bond donors (Lipinski definition) is 1. The number of hydrogen-bond acceptors (Lipinski definition) is 1. The summed E-state index contributed by atoms with van der Waals surface area (Å²) < 4.78 is 0. The molecule has 0 aromatic rings. The van der Waals surface area contributed by atoms with Gasteiger partial charge in [0.15, 0.2) is 17.4 Å². The summed E-state index contributed by atoms with van der Waals surface area (Å²) in [4.78, 5) is 9.60. The molecule has 0 saturated carbocycles. The third-order valence-corrected chi connectivity index (χ3v) is 0.365. The number of rotatable bonds is 1. The normalized spacial score (nSPS) is 5.62. The second kappa shape index (κ2) is 7.34. The molecule has 42 valence electrons. The van der Waals surface area contributed by atoms with Gasteiger partial charge in [-0.15, -0.1) is 0 Å². The van der Waals surface area contributed by atoms with Crippen molar-refractivity contribution in [2.75, 3.05) is 0 Å². The van der Waals surface area contributed by atoms with Crippen molar-refractivity contribution < 1.29 is 30.2 Å². The Morgan fingerprint density at radius 1 is 1.75 bits per heavy atom. The molecule has 0 atom stereocenters. The van der Waals surface area contributed by atoms with Crippen molar-refractivity contribution in [2.45, 2.75) is 6.92 Å². The molecular weight excluding hydrogens is 114 g/mol. The average molecular weight is 124 g/mol. The number of aliphatic carboxylic acids is 1. The summed E-state index contributed by atoms with van der Waals surface area (Å²) in [6.07, 6.45) is 0. The summed E-state index contributed by atoms with van der Waals surface area (Å²) in [7, 11) is 0. The predicted molar refractivity (Wildman–Crippen MR) is 33.5 cm³/mol. The van der Waals surface area contributed by atoms with Gasteiger partial charge in [-0.2, -0.15) is 0 Å². The van der Waals surface area contributed by atoms with E-state index in [1.54, 1.807) is 0 Å². The second-order valence-electron chi connectivity index (χ2n) is 1.09. The van der Waals surface area contributed by atoms with Crippen LogP contribution in [0.4, 0.5) is 0 Å². The fourth-order valence-corrected chi connectivity index (χ4v) is 0. The van der Waals surface area contributed by atoms with E-state index in [0.717, 1.165) is 0 Å². The molecule has 0 aromatic heterocycles. The summed E-state index contributed by atoms with van der Waals surface area (Å²) in [5.74, 6) is -0.935. The van der Waals surface area contributed by atoms with Crippen molar-refractivity contribution in [2.24, 2.45) is 0 Å². The van der Waals surface area contributed by atoms with Gasteiger partial charge in [-0.05, 0) is 6.92 Å². The monoisotopic (exact) mass is 124 g/mol. The van der Waals surface area contributed by atoms with Crippen molar-refractivity contribution in [3.8, 4) is 0 Å². The van der Waals surface area contributed by atoms with Crippen LogP contribution in [-0.2, 0) is 4.79 Å². The molecule has 2 nitrogen and oxygen atoms in total. The Morgan fingerprint density at radius 2 is 1.88 bits per heavy atom. The zero-order valence-corrected chi connectivity index (χ0v) is 4.56. The molecular formula is C4H10AlLiO2. The Bertz CT molecular complexity index is 84.6. The largest absolute Gasteiger partial charge is 1.00 e. The van der Waals surface area contributed by atoms with E-state index in [9.17, 15) is 4.79 Å². The minimum absolute atomic E-state index is 0. The molecule has 0 aliphatic heterocycles. The van der Waals surface area contributed by atoms with Crippen LogP contribution in [0.1, 0.15) is 8.35 Å². The molecule has 0 aromatic carbocycles. The van der Waals surface area contributed by atoms with Crippen LogP contribution in [0, 0.1) is 0 Å². The molecule has 0 spiro atoms. The van der Waals surface area contributed by atoms with Crippen LogP contribution in [0.5, 0.6) is 0 Å². The van der Waals surface area contributed by atoms with Gasteiger partial charge in [0, 0.05) is 5.57 Å². The fraction of sp³-hybridized carbons (Fsp3) is 0.250. The Labute approximate surface area is 72.8 Å². The molecule has 4 heteroatoms. The summed E-state index contributed by atoms with van der Waals surface area (Å²) >= 11 is 0. The smallest absolute Gasteiger partial charge is 1.00 e. The van der Waals surface area contributed by atoms with Gasteiger partial charge in [0.2, 0.25) is 0 Å². The maximum Gasteiger partial charge on any atom is 1.00 e. The van der Waals surface area contributed by atoms with Gasteiger partial charge < -0.3 is 6.53 Å². The van der Waals surface area contributed by atoms with Crippen LogP contribution < -0.4 is 18.9 Å². The van der Waals surface area contributed by atoms with Crippen molar-refractivity contribution >= 4 is 23.3 Å². The Kier molecular flexibility index (Phi) is 14.5. The van der Waals surface area contributed by atoms with Gasteiger partial charge in [-0.3, -0.25) is 0 Å². The van der Waals surface area contributed by atoms with Gasteiger partial charge in [-0.1, -0.05) is 6.58 Å². The third-order valence-electron chi connectivity index (χ3n) is 0.365. The van der Waals surface area contributed by atoms with Gasteiger partial charge >= 0.3 is 24.8 Å². The van der Waals surface area contributed by atoms with E-state index in [1.165, 1.54) is 6.92 Å². The summed E-state index contributed by atoms with van der Waals surface area (Å²) in [6.45, 7) is 4.60. The van der Waals surface area contributed by atoms with E-state index in [4.69, 9.17) is 5.11 Å². The zero-order chi connectivity index (χ0) is 5.15. The van der Waals surface area contributed by atoms with Crippen LogP contribution in [0.15, 0.2) is 12.2 Å². The molecule has 8 heavy (non-hydrogen) atoms. The van der Waals surface area contributed by atoms with E-state index in [-0.39, 0.29) is 43.2 Å². The van der Waals surface area contributed by atoms with Crippen molar-refractivity contribution in [1.29, 1.82) is 0 Å². The minimum Gasteiger partial charge on any atom is -1.00 e. The quantitative estimate of drug-likeness (QED) is 0.292. The number of carboxylic acids is 1. The van der Waals surface area contributed by atoms with Gasteiger partial charge in [0.1, 0.15) is 0 Å². The first-order valence-corrected chi connectivity index (χ1v) is 1.53. The van der Waals surface area contributed by atoms with Crippen LogP contribution in [0.3, 0.4) is 0 Å². The first-order chi connectivity index (χ1) is 2.64. The molecule has 0 unspecified atom stereocenters. The molecule has 0 rings (SSSR count). The van der Waals surface area contributed by atoms with Crippen molar-refractivity contribution in [3.05, 3.63) is 12.2 Å². The standard InChI is InChI=1S/C4H6O2.Al.Li.4H/c1-3(2)4(5)6;;;;;;/h1H2,2H3,(H,5,6);;;;;;/q;;+1;;;;-1. The fourth-order valence-electron chi connectivity index (χ4n) is 0. The van der Waals surface area contributed by atoms with Crippen molar-refractivity contribution in [1.82, 2.24) is 0 Å². The van der Waals surface area contributed by atoms with Crippen molar-refractivity contribution in [3.63, 3.8) is 0 Å². The molecule has 0 aliphatic rings. The van der Waals surface area contributed by atoms with Gasteiger partial charge in [0.05, 0.1) is 0 Å². The molecule has 0 heterocycles. The van der Waals surface area contributed by atoms with E-state index >= 15 is 0 Å². The Hall–Kier alpha value is 0.340. The maximum atomic E-state index is 9.60.